The minimum absolute atomic E-state index is 0.0619. The first-order valence-electron chi connectivity index (χ1n) is 9.21. The molecule has 0 aliphatic carbocycles. The summed E-state index contributed by atoms with van der Waals surface area (Å²) in [6, 6.07) is 3.63. The van der Waals surface area contributed by atoms with Crippen LogP contribution in [0.2, 0.25) is 0 Å². The molecule has 2 aromatic heterocycles. The molecule has 3 rings (SSSR count). The third-order valence-electron chi connectivity index (χ3n) is 4.68. The van der Waals surface area contributed by atoms with E-state index in [1.807, 2.05) is 33.8 Å². The molecule has 0 N–H and O–H groups in total. The van der Waals surface area contributed by atoms with Crippen molar-refractivity contribution in [2.24, 2.45) is 5.41 Å². The van der Waals surface area contributed by atoms with E-state index in [1.54, 1.807) is 22.1 Å². The Morgan fingerprint density at radius 2 is 1.70 bits per heavy atom. The number of carbonyl (C=O) groups excluding carboxylic acids is 2. The predicted octanol–water partition coefficient (Wildman–Crippen LogP) is 1.72. The molecule has 2 amide bonds. The smallest absolute Gasteiger partial charge is 0.270 e. The van der Waals surface area contributed by atoms with Gasteiger partial charge in [-0.2, -0.15) is 0 Å². The number of amides is 2. The number of carbonyl (C=O) groups is 2. The third kappa shape index (κ3) is 4.18. The Bertz CT molecular complexity index is 934. The highest BCUT2D eigenvalue weighted by Gasteiger charge is 2.28. The van der Waals surface area contributed by atoms with Crippen molar-refractivity contribution in [1.82, 2.24) is 19.2 Å². The Kier molecular flexibility index (Phi) is 5.04. The van der Waals surface area contributed by atoms with E-state index in [4.69, 9.17) is 0 Å². The molecule has 0 radical (unpaired) electrons. The average Bonchev–Trinajstić information content (AvgIpc) is 2.61. The quantitative estimate of drug-likeness (QED) is 0.807. The number of pyridine rings is 1. The fourth-order valence-electron chi connectivity index (χ4n) is 3.22. The Balaban J connectivity index is 1.73. The lowest BCUT2D eigenvalue weighted by atomic mass is 9.91. The Hall–Kier alpha value is -2.70. The summed E-state index contributed by atoms with van der Waals surface area (Å²) in [4.78, 5) is 45.5. The van der Waals surface area contributed by atoms with Crippen LogP contribution in [0.4, 0.5) is 0 Å². The maximum atomic E-state index is 12.8. The van der Waals surface area contributed by atoms with E-state index in [1.165, 1.54) is 10.6 Å². The van der Waals surface area contributed by atoms with Crippen LogP contribution in [0.5, 0.6) is 0 Å². The first-order valence-corrected chi connectivity index (χ1v) is 9.21. The third-order valence-corrected chi connectivity index (χ3v) is 4.68. The van der Waals surface area contributed by atoms with Crippen LogP contribution in [0.3, 0.4) is 0 Å². The lowest BCUT2D eigenvalue weighted by Gasteiger charge is -2.35. The van der Waals surface area contributed by atoms with Crippen molar-refractivity contribution < 1.29 is 9.59 Å². The average molecular weight is 370 g/mol. The second-order valence-corrected chi connectivity index (χ2v) is 8.32. The van der Waals surface area contributed by atoms with Gasteiger partial charge in [0.25, 0.3) is 11.5 Å². The number of aryl methyl sites for hydroxylation is 1. The Morgan fingerprint density at radius 3 is 2.33 bits per heavy atom. The first kappa shape index (κ1) is 19.1. The minimum Gasteiger partial charge on any atom is -0.339 e. The second-order valence-electron chi connectivity index (χ2n) is 8.32. The summed E-state index contributed by atoms with van der Waals surface area (Å²) < 4.78 is 1.41. The summed E-state index contributed by atoms with van der Waals surface area (Å²) in [5.41, 5.74) is 1.07. The molecule has 7 nitrogen and oxygen atoms in total. The molecule has 3 heterocycles. The zero-order valence-corrected chi connectivity index (χ0v) is 16.4. The summed E-state index contributed by atoms with van der Waals surface area (Å²) in [5, 5.41) is 0. The lowest BCUT2D eigenvalue weighted by Crippen LogP contribution is -2.51. The molecule has 2 aromatic rings. The highest BCUT2D eigenvalue weighted by Crippen LogP contribution is 2.20. The van der Waals surface area contributed by atoms with Crippen molar-refractivity contribution in [3.63, 3.8) is 0 Å². The molecule has 0 saturated carbocycles. The van der Waals surface area contributed by atoms with E-state index in [0.717, 1.165) is 5.56 Å². The van der Waals surface area contributed by atoms with Gasteiger partial charge in [0.2, 0.25) is 5.91 Å². The van der Waals surface area contributed by atoms with E-state index >= 15 is 0 Å². The van der Waals surface area contributed by atoms with Crippen LogP contribution in [0.1, 0.15) is 43.1 Å². The molecule has 0 spiro atoms. The molecular weight excluding hydrogens is 344 g/mol. The SMILES string of the molecule is Cc1ccc2ncc(C(=O)N3CCN(C(=O)CC(C)(C)C)CC3)c(=O)n2c1. The molecule has 144 valence electrons. The number of aromatic nitrogens is 2. The van der Waals surface area contributed by atoms with Gasteiger partial charge in [-0.1, -0.05) is 26.8 Å². The van der Waals surface area contributed by atoms with Crippen molar-refractivity contribution in [2.45, 2.75) is 34.1 Å². The number of fused-ring (bicyclic) bond motifs is 1. The van der Waals surface area contributed by atoms with E-state index in [9.17, 15) is 14.4 Å². The summed E-state index contributed by atoms with van der Waals surface area (Å²) >= 11 is 0. The van der Waals surface area contributed by atoms with Crippen molar-refractivity contribution in [2.75, 3.05) is 26.2 Å². The molecule has 1 aliphatic rings. The van der Waals surface area contributed by atoms with Gasteiger partial charge in [0, 0.05) is 45.0 Å². The van der Waals surface area contributed by atoms with Gasteiger partial charge >= 0.3 is 0 Å². The maximum Gasteiger partial charge on any atom is 0.270 e. The number of nitrogens with zero attached hydrogens (tertiary/aromatic N) is 4. The van der Waals surface area contributed by atoms with Gasteiger partial charge < -0.3 is 9.80 Å². The Morgan fingerprint density at radius 1 is 1.07 bits per heavy atom. The summed E-state index contributed by atoms with van der Waals surface area (Å²) in [6.45, 7) is 9.80. The Labute approximate surface area is 158 Å². The molecule has 0 bridgehead atoms. The lowest BCUT2D eigenvalue weighted by molar-refractivity contribution is -0.134. The van der Waals surface area contributed by atoms with Gasteiger partial charge in [0.15, 0.2) is 0 Å². The van der Waals surface area contributed by atoms with Gasteiger partial charge in [-0.05, 0) is 24.0 Å². The fourth-order valence-corrected chi connectivity index (χ4v) is 3.22. The number of piperazine rings is 1. The molecule has 0 unspecified atom stereocenters. The second kappa shape index (κ2) is 7.13. The highest BCUT2D eigenvalue weighted by atomic mass is 16.2. The van der Waals surface area contributed by atoms with Gasteiger partial charge in [0.1, 0.15) is 11.2 Å². The first-order chi connectivity index (χ1) is 12.7. The van der Waals surface area contributed by atoms with Crippen LogP contribution in [0, 0.1) is 12.3 Å². The van der Waals surface area contributed by atoms with Crippen LogP contribution in [-0.2, 0) is 4.79 Å². The van der Waals surface area contributed by atoms with E-state index < -0.39 is 0 Å². The molecule has 27 heavy (non-hydrogen) atoms. The van der Waals surface area contributed by atoms with Crippen LogP contribution in [0.15, 0.2) is 29.3 Å². The van der Waals surface area contributed by atoms with Crippen LogP contribution in [-0.4, -0.2) is 57.2 Å². The van der Waals surface area contributed by atoms with Crippen LogP contribution < -0.4 is 5.56 Å². The van der Waals surface area contributed by atoms with E-state index in [2.05, 4.69) is 4.98 Å². The van der Waals surface area contributed by atoms with E-state index in [-0.39, 0.29) is 28.4 Å². The number of hydrogen-bond acceptors (Lipinski definition) is 4. The molecule has 0 aromatic carbocycles. The molecule has 1 fully saturated rings. The summed E-state index contributed by atoms with van der Waals surface area (Å²) in [5.74, 6) is -0.219. The summed E-state index contributed by atoms with van der Waals surface area (Å²) in [6.07, 6.45) is 3.52. The molecule has 1 saturated heterocycles. The van der Waals surface area contributed by atoms with Crippen LogP contribution in [0.25, 0.3) is 5.65 Å². The minimum atomic E-state index is -0.361. The molecule has 0 atom stereocenters. The number of hydrogen-bond donors (Lipinski definition) is 0. The zero-order chi connectivity index (χ0) is 19.8. The predicted molar refractivity (Wildman–Crippen MR) is 103 cm³/mol. The molecule has 7 heteroatoms. The molecule has 1 aliphatic heterocycles. The van der Waals surface area contributed by atoms with Gasteiger partial charge in [-0.3, -0.25) is 18.8 Å². The van der Waals surface area contributed by atoms with Gasteiger partial charge in [-0.25, -0.2) is 4.98 Å². The monoisotopic (exact) mass is 370 g/mol. The fraction of sp³-hybridized carbons (Fsp3) is 0.500. The molecular formula is C20H26N4O3. The topological polar surface area (TPSA) is 75.0 Å². The highest BCUT2D eigenvalue weighted by molar-refractivity contribution is 5.94. The van der Waals surface area contributed by atoms with Gasteiger partial charge in [-0.15, -0.1) is 0 Å². The van der Waals surface area contributed by atoms with Gasteiger partial charge in [0.05, 0.1) is 0 Å². The summed E-state index contributed by atoms with van der Waals surface area (Å²) in [7, 11) is 0. The number of rotatable bonds is 2. The zero-order valence-electron chi connectivity index (χ0n) is 16.4. The van der Waals surface area contributed by atoms with Crippen LogP contribution >= 0.6 is 0 Å². The standard InChI is InChI=1S/C20H26N4O3/c1-14-5-6-16-21-12-15(19(27)24(16)13-14)18(26)23-9-7-22(8-10-23)17(25)11-20(2,3)4/h5-6,12-13H,7-11H2,1-4H3. The normalized spacial score (nSPS) is 15.3. The van der Waals surface area contributed by atoms with Crippen molar-refractivity contribution in [3.8, 4) is 0 Å². The largest absolute Gasteiger partial charge is 0.339 e. The van der Waals surface area contributed by atoms with Crippen molar-refractivity contribution >= 4 is 17.5 Å². The van der Waals surface area contributed by atoms with E-state index in [0.29, 0.717) is 38.2 Å². The van der Waals surface area contributed by atoms with Crippen molar-refractivity contribution in [1.29, 1.82) is 0 Å². The maximum absolute atomic E-state index is 12.8. The van der Waals surface area contributed by atoms with Crippen molar-refractivity contribution in [3.05, 3.63) is 46.0 Å².